The van der Waals surface area contributed by atoms with E-state index in [2.05, 4.69) is 10.9 Å². The topological polar surface area (TPSA) is 53.3 Å². The van der Waals surface area contributed by atoms with E-state index in [1.54, 1.807) is 5.12 Å². The molecule has 0 aliphatic carbocycles. The van der Waals surface area contributed by atoms with Crippen LogP contribution in [0.1, 0.15) is 0 Å². The van der Waals surface area contributed by atoms with E-state index in [1.807, 2.05) is 7.05 Å². The Morgan fingerprint density at radius 1 is 1.67 bits per heavy atom. The van der Waals surface area contributed by atoms with E-state index in [4.69, 9.17) is 5.73 Å². The lowest BCUT2D eigenvalue weighted by Gasteiger charge is -2.35. The van der Waals surface area contributed by atoms with Crippen molar-refractivity contribution in [2.45, 2.75) is 6.29 Å². The minimum Gasteiger partial charge on any atom is -0.301 e. The molecule has 0 aromatic heterocycles. The number of rotatable bonds is 0. The van der Waals surface area contributed by atoms with Crippen LogP contribution in [0.25, 0.3) is 0 Å². The van der Waals surface area contributed by atoms with Gasteiger partial charge in [-0.1, -0.05) is 0 Å². The van der Waals surface area contributed by atoms with Crippen molar-refractivity contribution >= 4 is 0 Å². The van der Waals surface area contributed by atoms with Crippen LogP contribution in [0.2, 0.25) is 0 Å². The molecule has 1 heterocycles. The molecule has 0 atom stereocenters. The normalized spacial score (nSPS) is 27.0. The summed E-state index contributed by atoms with van der Waals surface area (Å²) in [6, 6.07) is 0. The largest absolute Gasteiger partial charge is 0.301 e. The summed E-state index contributed by atoms with van der Waals surface area (Å²) in [5.74, 6) is 0. The molecule has 1 aliphatic rings. The first-order valence-corrected chi connectivity index (χ1v) is 1.81. The number of nitrogens with one attached hydrogen (secondary N) is 2. The van der Waals surface area contributed by atoms with E-state index in [1.165, 1.54) is 0 Å². The van der Waals surface area contributed by atoms with Crippen LogP contribution in [0.3, 0.4) is 0 Å². The molecule has 1 saturated heterocycles. The maximum atomic E-state index is 5.20. The second-order valence-corrected chi connectivity index (χ2v) is 1.29. The van der Waals surface area contributed by atoms with Gasteiger partial charge in [0, 0.05) is 7.05 Å². The molecule has 4 N–H and O–H groups in total. The molecule has 36 valence electrons. The summed E-state index contributed by atoms with van der Waals surface area (Å²) < 4.78 is 0. The van der Waals surface area contributed by atoms with Crippen molar-refractivity contribution in [3.8, 4) is 0 Å². The van der Waals surface area contributed by atoms with Gasteiger partial charge in [-0.15, -0.1) is 0 Å². The van der Waals surface area contributed by atoms with Gasteiger partial charge in [-0.2, -0.15) is 5.12 Å². The van der Waals surface area contributed by atoms with E-state index in [-0.39, 0.29) is 6.29 Å². The predicted octanol–water partition coefficient (Wildman–Crippen LogP) is -1.82. The molecule has 4 heteroatoms. The van der Waals surface area contributed by atoms with Crippen molar-refractivity contribution in [2.24, 2.45) is 5.73 Å². The van der Waals surface area contributed by atoms with Crippen LogP contribution in [-0.4, -0.2) is 18.5 Å². The molecule has 0 aromatic rings. The predicted molar refractivity (Wildman–Crippen MR) is 22.0 cm³/mol. The molecular weight excluding hydrogens is 80.1 g/mol. The van der Waals surface area contributed by atoms with Crippen molar-refractivity contribution in [1.29, 1.82) is 0 Å². The fraction of sp³-hybridized carbons (Fsp3) is 1.00. The van der Waals surface area contributed by atoms with Crippen molar-refractivity contribution in [3.63, 3.8) is 0 Å². The molecule has 0 saturated carbocycles. The Morgan fingerprint density at radius 2 is 2.17 bits per heavy atom. The van der Waals surface area contributed by atoms with Gasteiger partial charge in [0.2, 0.25) is 0 Å². The zero-order valence-electron chi connectivity index (χ0n) is 3.60. The summed E-state index contributed by atoms with van der Waals surface area (Å²) in [6.07, 6.45) is -0.0324. The highest BCUT2D eigenvalue weighted by Gasteiger charge is 2.14. The third-order valence-electron chi connectivity index (χ3n) is 0.665. The maximum Gasteiger partial charge on any atom is 0.137 e. The fourth-order valence-corrected chi connectivity index (χ4v) is 0.417. The Kier molecular flexibility index (Phi) is 0.776. The minimum atomic E-state index is -0.0324. The number of hydrogen-bond acceptors (Lipinski definition) is 4. The summed E-state index contributed by atoms with van der Waals surface area (Å²) in [7, 11) is 1.85. The van der Waals surface area contributed by atoms with Gasteiger partial charge in [-0.3, -0.25) is 0 Å². The smallest absolute Gasteiger partial charge is 0.137 e. The zero-order chi connectivity index (χ0) is 4.57. The van der Waals surface area contributed by atoms with Crippen molar-refractivity contribution in [3.05, 3.63) is 0 Å². The van der Waals surface area contributed by atoms with Gasteiger partial charge in [0.1, 0.15) is 6.29 Å². The number of nitrogens with two attached hydrogens (primary N) is 1. The van der Waals surface area contributed by atoms with E-state index >= 15 is 0 Å². The lowest BCUT2D eigenvalue weighted by atomic mass is 10.8. The van der Waals surface area contributed by atoms with Crippen LogP contribution in [0.4, 0.5) is 0 Å². The van der Waals surface area contributed by atoms with Crippen molar-refractivity contribution in [1.82, 2.24) is 16.0 Å². The highest BCUT2D eigenvalue weighted by molar-refractivity contribution is 4.55. The van der Waals surface area contributed by atoms with Crippen molar-refractivity contribution in [2.75, 3.05) is 7.05 Å². The fourth-order valence-electron chi connectivity index (χ4n) is 0.417. The second-order valence-electron chi connectivity index (χ2n) is 1.29. The Bertz CT molecular complexity index is 41.5. The number of hydrogen-bond donors (Lipinski definition) is 3. The monoisotopic (exact) mass is 88.1 g/mol. The summed E-state index contributed by atoms with van der Waals surface area (Å²) in [5.41, 5.74) is 10.8. The Balaban J connectivity index is 2.11. The molecule has 1 aliphatic heterocycles. The maximum absolute atomic E-state index is 5.20. The third-order valence-corrected chi connectivity index (χ3v) is 0.665. The van der Waals surface area contributed by atoms with Gasteiger partial charge in [0.05, 0.1) is 0 Å². The first-order valence-electron chi connectivity index (χ1n) is 1.81. The molecule has 0 aromatic carbocycles. The van der Waals surface area contributed by atoms with E-state index in [0.29, 0.717) is 0 Å². The lowest BCUT2D eigenvalue weighted by molar-refractivity contribution is -0.0214. The molecule has 0 spiro atoms. The van der Waals surface area contributed by atoms with Crippen LogP contribution in [0, 0.1) is 0 Å². The molecule has 6 heavy (non-hydrogen) atoms. The summed E-state index contributed by atoms with van der Waals surface area (Å²) in [4.78, 5) is 0. The van der Waals surface area contributed by atoms with Crippen LogP contribution in [0.5, 0.6) is 0 Å². The quantitative estimate of drug-likeness (QED) is 0.326. The van der Waals surface area contributed by atoms with Crippen LogP contribution < -0.4 is 16.6 Å². The average molecular weight is 88.1 g/mol. The van der Waals surface area contributed by atoms with E-state index in [9.17, 15) is 0 Å². The van der Waals surface area contributed by atoms with Crippen LogP contribution in [0.15, 0.2) is 0 Å². The van der Waals surface area contributed by atoms with Crippen molar-refractivity contribution < 1.29 is 0 Å². The molecule has 0 radical (unpaired) electrons. The van der Waals surface area contributed by atoms with Gasteiger partial charge in [-0.25, -0.2) is 10.9 Å². The van der Waals surface area contributed by atoms with Crippen LogP contribution in [-0.2, 0) is 0 Å². The Hall–Kier alpha value is -0.160. The van der Waals surface area contributed by atoms with Gasteiger partial charge in [-0.05, 0) is 0 Å². The zero-order valence-corrected chi connectivity index (χ0v) is 3.60. The summed E-state index contributed by atoms with van der Waals surface area (Å²) >= 11 is 0. The lowest BCUT2D eigenvalue weighted by Crippen LogP contribution is -2.73. The van der Waals surface area contributed by atoms with E-state index in [0.717, 1.165) is 0 Å². The molecular formula is C2H8N4. The highest BCUT2D eigenvalue weighted by Crippen LogP contribution is 1.78. The SMILES string of the molecule is CN1NC(N)N1. The molecule has 0 bridgehead atoms. The minimum absolute atomic E-state index is 0.0324. The first-order chi connectivity index (χ1) is 2.79. The number of nitrogens with zero attached hydrogens (tertiary/aromatic N) is 1. The van der Waals surface area contributed by atoms with Gasteiger partial charge in [0.15, 0.2) is 0 Å². The first kappa shape index (κ1) is 4.01. The van der Waals surface area contributed by atoms with Gasteiger partial charge in [0.25, 0.3) is 0 Å². The third kappa shape index (κ3) is 0.504. The average Bonchev–Trinajstić information content (AvgIpc) is 1.33. The standard InChI is InChI=1S/C2H8N4/c1-6-4-2(3)5-6/h2,4-5H,3H2,1H3. The van der Waals surface area contributed by atoms with Gasteiger partial charge >= 0.3 is 0 Å². The molecule has 4 nitrogen and oxygen atoms in total. The molecule has 0 amide bonds. The number of hydrazine groups is 2. The summed E-state index contributed by atoms with van der Waals surface area (Å²) in [5, 5.41) is 1.70. The summed E-state index contributed by atoms with van der Waals surface area (Å²) in [6.45, 7) is 0. The Morgan fingerprint density at radius 3 is 2.17 bits per heavy atom. The molecule has 1 fully saturated rings. The van der Waals surface area contributed by atoms with Crippen LogP contribution >= 0.6 is 0 Å². The second kappa shape index (κ2) is 1.16. The van der Waals surface area contributed by atoms with Gasteiger partial charge < -0.3 is 5.73 Å². The highest BCUT2D eigenvalue weighted by atomic mass is 15.9. The molecule has 0 unspecified atom stereocenters. The Labute approximate surface area is 36.2 Å². The van der Waals surface area contributed by atoms with E-state index < -0.39 is 0 Å². The molecule has 1 rings (SSSR count).